The molecule has 1 amide bonds. The Balaban J connectivity index is 2.46. The van der Waals surface area contributed by atoms with Crippen LogP contribution in [0, 0.1) is 0 Å². The van der Waals surface area contributed by atoms with Gasteiger partial charge >= 0.3 is 5.97 Å². The van der Waals surface area contributed by atoms with Crippen LogP contribution in [0.15, 0.2) is 0 Å². The van der Waals surface area contributed by atoms with Gasteiger partial charge in [-0.25, -0.2) is 0 Å². The largest absolute Gasteiger partial charge is 0.481 e. The third kappa shape index (κ3) is 4.98. The molecule has 1 unspecified atom stereocenters. The summed E-state index contributed by atoms with van der Waals surface area (Å²) >= 11 is 1.59. The van der Waals surface area contributed by atoms with Crippen LogP contribution in [-0.4, -0.2) is 39.6 Å². The number of aliphatic carboxylic acids is 1. The number of carboxylic acids is 1. The first-order chi connectivity index (χ1) is 8.15. The Morgan fingerprint density at radius 3 is 2.88 bits per heavy atom. The highest BCUT2D eigenvalue weighted by Crippen LogP contribution is 2.24. The molecule has 0 radical (unpaired) electrons. The predicted molar refractivity (Wildman–Crippen MR) is 69.0 cm³/mol. The Kier molecular flexibility index (Phi) is 6.40. The molecular formula is C12H21NO3S. The van der Waals surface area contributed by atoms with Crippen LogP contribution in [0.5, 0.6) is 0 Å². The molecule has 1 atom stereocenters. The van der Waals surface area contributed by atoms with E-state index in [0.29, 0.717) is 12.2 Å². The number of carboxylic acid groups (broad SMARTS) is 1. The molecule has 1 aliphatic heterocycles. The summed E-state index contributed by atoms with van der Waals surface area (Å²) < 4.78 is 0. The zero-order chi connectivity index (χ0) is 12.7. The fraction of sp³-hybridized carbons (Fsp3) is 0.833. The fourth-order valence-corrected chi connectivity index (χ4v) is 3.22. The zero-order valence-electron chi connectivity index (χ0n) is 10.4. The van der Waals surface area contributed by atoms with Crippen molar-refractivity contribution >= 4 is 23.6 Å². The van der Waals surface area contributed by atoms with Crippen LogP contribution in [0.2, 0.25) is 0 Å². The summed E-state index contributed by atoms with van der Waals surface area (Å²) in [6, 6.07) is 0. The quantitative estimate of drug-likeness (QED) is 0.795. The number of rotatable bonds is 6. The summed E-state index contributed by atoms with van der Waals surface area (Å²) in [6.07, 6.45) is 4.89. The number of carbonyl (C=O) groups excluding carboxylic acids is 1. The second-order valence-electron chi connectivity index (χ2n) is 4.28. The Labute approximate surface area is 107 Å². The molecule has 1 N–H and O–H groups in total. The van der Waals surface area contributed by atoms with Gasteiger partial charge in [-0.2, -0.15) is 0 Å². The molecule has 1 rings (SSSR count). The van der Waals surface area contributed by atoms with E-state index in [1.165, 1.54) is 0 Å². The van der Waals surface area contributed by atoms with Crippen LogP contribution in [0.4, 0.5) is 0 Å². The first kappa shape index (κ1) is 14.4. The van der Waals surface area contributed by atoms with E-state index in [0.717, 1.165) is 32.2 Å². The topological polar surface area (TPSA) is 57.6 Å². The van der Waals surface area contributed by atoms with Gasteiger partial charge < -0.3 is 10.0 Å². The van der Waals surface area contributed by atoms with Crippen LogP contribution < -0.4 is 0 Å². The van der Waals surface area contributed by atoms with E-state index in [2.05, 4.69) is 6.92 Å². The first-order valence-corrected chi connectivity index (χ1v) is 7.33. The lowest BCUT2D eigenvalue weighted by molar-refractivity contribution is -0.136. The second kappa shape index (κ2) is 7.58. The molecule has 0 aliphatic carbocycles. The highest BCUT2D eigenvalue weighted by atomic mass is 32.2. The molecule has 0 spiro atoms. The van der Waals surface area contributed by atoms with Crippen molar-refractivity contribution in [1.82, 2.24) is 4.90 Å². The smallest absolute Gasteiger partial charge is 0.304 e. The van der Waals surface area contributed by atoms with Crippen LogP contribution in [-0.2, 0) is 9.59 Å². The number of amides is 1. The number of hydrogen-bond donors (Lipinski definition) is 1. The summed E-state index contributed by atoms with van der Waals surface area (Å²) in [4.78, 5) is 24.3. The molecule has 1 saturated heterocycles. The monoisotopic (exact) mass is 259 g/mol. The van der Waals surface area contributed by atoms with Gasteiger partial charge in [0, 0.05) is 18.7 Å². The second-order valence-corrected chi connectivity index (χ2v) is 5.56. The number of carbonyl (C=O) groups is 2. The van der Waals surface area contributed by atoms with E-state index in [9.17, 15) is 9.59 Å². The van der Waals surface area contributed by atoms with E-state index in [1.807, 2.05) is 4.90 Å². The van der Waals surface area contributed by atoms with Gasteiger partial charge in [0.25, 0.3) is 0 Å². The molecule has 0 aromatic rings. The maximum absolute atomic E-state index is 11.9. The number of likely N-dealkylation sites (tertiary alicyclic amines) is 1. The molecular weight excluding hydrogens is 238 g/mol. The van der Waals surface area contributed by atoms with E-state index < -0.39 is 5.97 Å². The van der Waals surface area contributed by atoms with Crippen molar-refractivity contribution in [3.8, 4) is 0 Å². The summed E-state index contributed by atoms with van der Waals surface area (Å²) in [5.41, 5.74) is 0. The van der Waals surface area contributed by atoms with Crippen LogP contribution >= 0.6 is 11.8 Å². The van der Waals surface area contributed by atoms with Crippen LogP contribution in [0.1, 0.15) is 45.4 Å². The molecule has 4 nitrogen and oxygen atoms in total. The summed E-state index contributed by atoms with van der Waals surface area (Å²) in [5.74, 6) is 0.0455. The Bertz CT molecular complexity index is 270. The Morgan fingerprint density at radius 1 is 1.47 bits per heavy atom. The predicted octanol–water partition coefficient (Wildman–Crippen LogP) is 2.33. The molecule has 0 saturated carbocycles. The van der Waals surface area contributed by atoms with E-state index in [4.69, 9.17) is 5.11 Å². The summed E-state index contributed by atoms with van der Waals surface area (Å²) in [5, 5.41) is 8.77. The molecule has 1 aliphatic rings. The minimum absolute atomic E-state index is 0.153. The third-order valence-electron chi connectivity index (χ3n) is 2.93. The van der Waals surface area contributed by atoms with E-state index in [1.54, 1.807) is 11.8 Å². The SMILES string of the molecule is CCC(SCCC(=O)O)N1CCCCCC1=O. The molecule has 5 heteroatoms. The van der Waals surface area contributed by atoms with E-state index >= 15 is 0 Å². The van der Waals surface area contributed by atoms with Gasteiger partial charge in [-0.05, 0) is 19.3 Å². The normalized spacial score (nSPS) is 18.9. The van der Waals surface area contributed by atoms with Gasteiger partial charge in [-0.15, -0.1) is 11.8 Å². The van der Waals surface area contributed by atoms with Gasteiger partial charge in [0.05, 0.1) is 11.8 Å². The standard InChI is InChI=1S/C12H21NO3S/c1-2-11(17-9-7-12(15)16)13-8-5-3-4-6-10(13)14/h11H,2-9H2,1H3,(H,15,16). The highest BCUT2D eigenvalue weighted by Gasteiger charge is 2.23. The third-order valence-corrected chi connectivity index (χ3v) is 4.35. The zero-order valence-corrected chi connectivity index (χ0v) is 11.2. The van der Waals surface area contributed by atoms with Crippen molar-refractivity contribution < 1.29 is 14.7 Å². The van der Waals surface area contributed by atoms with Crippen LogP contribution in [0.3, 0.4) is 0 Å². The Morgan fingerprint density at radius 2 is 2.24 bits per heavy atom. The van der Waals surface area contributed by atoms with Crippen molar-refractivity contribution in [3.05, 3.63) is 0 Å². The number of hydrogen-bond acceptors (Lipinski definition) is 3. The lowest BCUT2D eigenvalue weighted by atomic mass is 10.2. The molecule has 1 heterocycles. The maximum atomic E-state index is 11.9. The van der Waals surface area contributed by atoms with Crippen molar-refractivity contribution in [2.75, 3.05) is 12.3 Å². The number of thioether (sulfide) groups is 1. The van der Waals surface area contributed by atoms with Gasteiger partial charge in [0.1, 0.15) is 0 Å². The lowest BCUT2D eigenvalue weighted by Crippen LogP contribution is -2.38. The van der Waals surface area contributed by atoms with Crippen LogP contribution in [0.25, 0.3) is 0 Å². The van der Waals surface area contributed by atoms with Crippen molar-refractivity contribution in [2.24, 2.45) is 0 Å². The highest BCUT2D eigenvalue weighted by molar-refractivity contribution is 7.99. The lowest BCUT2D eigenvalue weighted by Gasteiger charge is -2.29. The molecule has 0 bridgehead atoms. The maximum Gasteiger partial charge on any atom is 0.304 e. The molecule has 0 aromatic carbocycles. The van der Waals surface area contributed by atoms with Gasteiger partial charge in [0.2, 0.25) is 5.91 Å². The summed E-state index contributed by atoms with van der Waals surface area (Å²) in [7, 11) is 0. The molecule has 1 fully saturated rings. The average Bonchev–Trinajstić information content (AvgIpc) is 2.49. The fourth-order valence-electron chi connectivity index (χ4n) is 2.02. The van der Waals surface area contributed by atoms with Crippen molar-refractivity contribution in [1.29, 1.82) is 0 Å². The molecule has 98 valence electrons. The average molecular weight is 259 g/mol. The van der Waals surface area contributed by atoms with Gasteiger partial charge in [-0.3, -0.25) is 9.59 Å². The Hall–Kier alpha value is -0.710. The molecule has 17 heavy (non-hydrogen) atoms. The first-order valence-electron chi connectivity index (χ1n) is 6.28. The minimum atomic E-state index is -0.769. The van der Waals surface area contributed by atoms with Gasteiger partial charge in [-0.1, -0.05) is 13.3 Å². The molecule has 0 aromatic heterocycles. The minimum Gasteiger partial charge on any atom is -0.481 e. The van der Waals surface area contributed by atoms with Crippen molar-refractivity contribution in [2.45, 2.75) is 50.8 Å². The van der Waals surface area contributed by atoms with E-state index in [-0.39, 0.29) is 17.7 Å². The number of nitrogens with zero attached hydrogens (tertiary/aromatic N) is 1. The van der Waals surface area contributed by atoms with Gasteiger partial charge in [0.15, 0.2) is 0 Å². The summed E-state index contributed by atoms with van der Waals surface area (Å²) in [6.45, 7) is 2.88. The van der Waals surface area contributed by atoms with Crippen molar-refractivity contribution in [3.63, 3.8) is 0 Å².